The van der Waals surface area contributed by atoms with Crippen molar-refractivity contribution in [2.45, 2.75) is 6.54 Å². The minimum atomic E-state index is -1.23. The third kappa shape index (κ3) is 2.17. The molecular formula is C10H8N2O5. The van der Waals surface area contributed by atoms with Crippen LogP contribution in [0.3, 0.4) is 0 Å². The lowest BCUT2D eigenvalue weighted by atomic mass is 10.2. The Hall–Kier alpha value is -2.57. The highest BCUT2D eigenvalue weighted by molar-refractivity contribution is 5.86. The minimum absolute atomic E-state index is 0.0625. The molecule has 2 aromatic heterocycles. The SMILES string of the molecule is O=C(O)c1occc1Cn1[nH]c(=O)ccc1=O. The molecule has 0 fully saturated rings. The second-order valence-corrected chi connectivity index (χ2v) is 3.31. The molecule has 0 aliphatic heterocycles. The van der Waals surface area contributed by atoms with Crippen LogP contribution in [0.25, 0.3) is 0 Å². The van der Waals surface area contributed by atoms with Gasteiger partial charge in [0, 0.05) is 17.7 Å². The maximum atomic E-state index is 11.4. The van der Waals surface area contributed by atoms with Crippen molar-refractivity contribution in [3.8, 4) is 0 Å². The Kier molecular flexibility index (Phi) is 2.65. The summed E-state index contributed by atoms with van der Waals surface area (Å²) in [7, 11) is 0. The molecule has 0 radical (unpaired) electrons. The summed E-state index contributed by atoms with van der Waals surface area (Å²) in [4.78, 5) is 33.2. The van der Waals surface area contributed by atoms with Crippen LogP contribution in [0.1, 0.15) is 16.1 Å². The van der Waals surface area contributed by atoms with Crippen LogP contribution in [0.5, 0.6) is 0 Å². The van der Waals surface area contributed by atoms with Crippen molar-refractivity contribution in [1.82, 2.24) is 9.78 Å². The van der Waals surface area contributed by atoms with E-state index in [2.05, 4.69) is 5.10 Å². The fourth-order valence-electron chi connectivity index (χ4n) is 1.40. The average molecular weight is 236 g/mol. The summed E-state index contributed by atoms with van der Waals surface area (Å²) in [5, 5.41) is 11.1. The number of aromatic amines is 1. The summed E-state index contributed by atoms with van der Waals surface area (Å²) in [6.07, 6.45) is 1.21. The monoisotopic (exact) mass is 236 g/mol. The zero-order chi connectivity index (χ0) is 12.4. The van der Waals surface area contributed by atoms with E-state index in [1.807, 2.05) is 0 Å². The lowest BCUT2D eigenvalue weighted by Gasteiger charge is -2.03. The molecule has 2 N–H and O–H groups in total. The molecule has 0 saturated carbocycles. The molecule has 2 aromatic rings. The van der Waals surface area contributed by atoms with Gasteiger partial charge in [0.2, 0.25) is 5.76 Å². The van der Waals surface area contributed by atoms with Gasteiger partial charge >= 0.3 is 5.97 Å². The summed E-state index contributed by atoms with van der Waals surface area (Å²) in [6, 6.07) is 3.65. The van der Waals surface area contributed by atoms with E-state index >= 15 is 0 Å². The summed E-state index contributed by atoms with van der Waals surface area (Å²) >= 11 is 0. The maximum absolute atomic E-state index is 11.4. The maximum Gasteiger partial charge on any atom is 0.372 e. The third-order valence-electron chi connectivity index (χ3n) is 2.16. The second kappa shape index (κ2) is 4.12. The van der Waals surface area contributed by atoms with Crippen LogP contribution < -0.4 is 11.1 Å². The number of rotatable bonds is 3. The number of nitrogens with one attached hydrogen (secondary N) is 1. The number of hydrogen-bond acceptors (Lipinski definition) is 4. The minimum Gasteiger partial charge on any atom is -0.475 e. The van der Waals surface area contributed by atoms with E-state index in [1.165, 1.54) is 12.3 Å². The van der Waals surface area contributed by atoms with Gasteiger partial charge in [0.25, 0.3) is 11.1 Å². The standard InChI is InChI=1S/C10H8N2O5/c13-7-1-2-8(14)12(11-7)5-6-3-4-17-9(6)10(15)16/h1-4H,5H2,(H,11,13)(H,15,16). The van der Waals surface area contributed by atoms with Crippen molar-refractivity contribution in [2.75, 3.05) is 0 Å². The van der Waals surface area contributed by atoms with E-state index in [4.69, 9.17) is 9.52 Å². The largest absolute Gasteiger partial charge is 0.475 e. The predicted octanol–water partition coefficient (Wildman–Crippen LogP) is -0.124. The van der Waals surface area contributed by atoms with Crippen LogP contribution in [-0.4, -0.2) is 20.9 Å². The fourth-order valence-corrected chi connectivity index (χ4v) is 1.40. The highest BCUT2D eigenvalue weighted by Crippen LogP contribution is 2.10. The Morgan fingerprint density at radius 2 is 2.12 bits per heavy atom. The van der Waals surface area contributed by atoms with Crippen LogP contribution in [0, 0.1) is 0 Å². The van der Waals surface area contributed by atoms with Crippen LogP contribution >= 0.6 is 0 Å². The average Bonchev–Trinajstić information content (AvgIpc) is 2.71. The van der Waals surface area contributed by atoms with Gasteiger partial charge in [-0.2, -0.15) is 0 Å². The number of furan rings is 1. The van der Waals surface area contributed by atoms with Gasteiger partial charge in [-0.05, 0) is 6.07 Å². The molecule has 0 aliphatic rings. The molecule has 0 spiro atoms. The number of carboxylic acid groups (broad SMARTS) is 1. The molecule has 7 nitrogen and oxygen atoms in total. The molecule has 7 heteroatoms. The first-order valence-corrected chi connectivity index (χ1v) is 4.68. The predicted molar refractivity (Wildman–Crippen MR) is 56.1 cm³/mol. The Morgan fingerprint density at radius 1 is 1.35 bits per heavy atom. The van der Waals surface area contributed by atoms with Gasteiger partial charge in [-0.1, -0.05) is 0 Å². The molecule has 2 heterocycles. The summed E-state index contributed by atoms with van der Waals surface area (Å²) < 4.78 is 5.77. The molecular weight excluding hydrogens is 228 g/mol. The topological polar surface area (TPSA) is 105 Å². The Bertz CT molecular complexity index is 664. The molecule has 88 valence electrons. The highest BCUT2D eigenvalue weighted by Gasteiger charge is 2.14. The van der Waals surface area contributed by atoms with Crippen LogP contribution in [-0.2, 0) is 6.54 Å². The first kappa shape index (κ1) is 10.9. The van der Waals surface area contributed by atoms with Gasteiger partial charge in [0.1, 0.15) is 0 Å². The second-order valence-electron chi connectivity index (χ2n) is 3.31. The fraction of sp³-hybridized carbons (Fsp3) is 0.100. The molecule has 0 amide bonds. The van der Waals surface area contributed by atoms with Gasteiger partial charge in [0.15, 0.2) is 0 Å². The number of H-pyrrole nitrogens is 1. The zero-order valence-corrected chi connectivity index (χ0v) is 8.54. The molecule has 0 atom stereocenters. The quantitative estimate of drug-likeness (QED) is 0.772. The molecule has 0 bridgehead atoms. The van der Waals surface area contributed by atoms with E-state index < -0.39 is 17.1 Å². The lowest BCUT2D eigenvalue weighted by Crippen LogP contribution is -2.28. The molecule has 0 aliphatic carbocycles. The van der Waals surface area contributed by atoms with E-state index in [9.17, 15) is 14.4 Å². The highest BCUT2D eigenvalue weighted by atomic mass is 16.4. The normalized spacial score (nSPS) is 10.4. The van der Waals surface area contributed by atoms with Crippen molar-refractivity contribution in [1.29, 1.82) is 0 Å². The Morgan fingerprint density at radius 3 is 2.82 bits per heavy atom. The Labute approximate surface area is 93.9 Å². The van der Waals surface area contributed by atoms with E-state index in [0.29, 0.717) is 5.56 Å². The van der Waals surface area contributed by atoms with Crippen molar-refractivity contribution >= 4 is 5.97 Å². The smallest absolute Gasteiger partial charge is 0.372 e. The summed E-state index contributed by atoms with van der Waals surface area (Å²) in [5.74, 6) is -1.47. The van der Waals surface area contributed by atoms with Gasteiger partial charge in [-0.15, -0.1) is 0 Å². The third-order valence-corrected chi connectivity index (χ3v) is 2.16. The first-order chi connectivity index (χ1) is 8.08. The van der Waals surface area contributed by atoms with Gasteiger partial charge in [-0.3, -0.25) is 14.7 Å². The van der Waals surface area contributed by atoms with Gasteiger partial charge in [-0.25, -0.2) is 9.48 Å². The number of carbonyl (C=O) groups is 1. The van der Waals surface area contributed by atoms with E-state index in [1.54, 1.807) is 0 Å². The van der Waals surface area contributed by atoms with Crippen molar-refractivity contribution < 1.29 is 14.3 Å². The van der Waals surface area contributed by atoms with Crippen LogP contribution in [0.2, 0.25) is 0 Å². The zero-order valence-electron chi connectivity index (χ0n) is 8.54. The molecule has 0 saturated heterocycles. The van der Waals surface area contributed by atoms with E-state index in [-0.39, 0.29) is 12.3 Å². The number of nitrogens with zero attached hydrogens (tertiary/aromatic N) is 1. The van der Waals surface area contributed by atoms with E-state index in [0.717, 1.165) is 16.8 Å². The number of hydrogen-bond donors (Lipinski definition) is 2. The summed E-state index contributed by atoms with van der Waals surface area (Å²) in [5.41, 5.74) is -0.562. The number of carboxylic acids is 1. The first-order valence-electron chi connectivity index (χ1n) is 4.68. The number of aromatic nitrogens is 2. The summed E-state index contributed by atoms with van der Waals surface area (Å²) in [6.45, 7) is -0.0625. The van der Waals surface area contributed by atoms with Gasteiger partial charge < -0.3 is 9.52 Å². The molecule has 17 heavy (non-hydrogen) atoms. The molecule has 0 aromatic carbocycles. The van der Waals surface area contributed by atoms with Crippen molar-refractivity contribution in [3.05, 3.63) is 56.5 Å². The van der Waals surface area contributed by atoms with Gasteiger partial charge in [0.05, 0.1) is 12.8 Å². The van der Waals surface area contributed by atoms with Crippen LogP contribution in [0.4, 0.5) is 0 Å². The number of aromatic carboxylic acids is 1. The molecule has 0 unspecified atom stereocenters. The van der Waals surface area contributed by atoms with Crippen LogP contribution in [0.15, 0.2) is 38.5 Å². The van der Waals surface area contributed by atoms with Crippen molar-refractivity contribution in [2.24, 2.45) is 0 Å². The lowest BCUT2D eigenvalue weighted by molar-refractivity contribution is 0.0660. The molecule has 2 rings (SSSR count). The Balaban J connectivity index is 2.41. The van der Waals surface area contributed by atoms with Crippen molar-refractivity contribution in [3.63, 3.8) is 0 Å².